The Morgan fingerprint density at radius 2 is 1.09 bits per heavy atom. The van der Waals surface area contributed by atoms with Gasteiger partial charge in [-0.05, 0) is 71.9 Å². The van der Waals surface area contributed by atoms with Gasteiger partial charge in [-0.15, -0.1) is 0 Å². The van der Waals surface area contributed by atoms with Gasteiger partial charge in [0, 0.05) is 25.0 Å². The molecule has 0 aliphatic carbocycles. The molecule has 0 saturated carbocycles. The van der Waals surface area contributed by atoms with Crippen LogP contribution in [0.15, 0.2) is 30.8 Å². The first kappa shape index (κ1) is 26.5. The van der Waals surface area contributed by atoms with Crippen LogP contribution >= 0.6 is 24.4 Å². The first-order valence-corrected chi connectivity index (χ1v) is 12.1. The highest BCUT2D eigenvalue weighted by Gasteiger charge is 2.21. The van der Waals surface area contributed by atoms with Crippen molar-refractivity contribution >= 4 is 34.2 Å². The first-order valence-electron chi connectivity index (χ1n) is 11.3. The number of thiocarbonyl (C=S) groups is 2. The number of aromatic nitrogens is 2. The Labute approximate surface area is 200 Å². The molecular weight excluding hydrogens is 444 g/mol. The molecule has 0 aromatic carbocycles. The second-order valence-electron chi connectivity index (χ2n) is 10.3. The Bertz CT molecular complexity index is 914. The summed E-state index contributed by atoms with van der Waals surface area (Å²) in [4.78, 5) is 24.5. The van der Waals surface area contributed by atoms with E-state index in [9.17, 15) is 9.59 Å². The van der Waals surface area contributed by atoms with Gasteiger partial charge < -0.3 is 9.05 Å². The molecule has 2 aromatic rings. The van der Waals surface area contributed by atoms with Crippen molar-refractivity contribution in [2.75, 3.05) is 0 Å². The van der Waals surface area contributed by atoms with Crippen LogP contribution in [-0.4, -0.2) is 20.0 Å². The Hall–Kier alpha value is -1.80. The van der Waals surface area contributed by atoms with Crippen molar-refractivity contribution in [2.24, 2.45) is 10.8 Å². The van der Waals surface area contributed by atoms with Crippen LogP contribution in [0.3, 0.4) is 0 Å². The van der Waals surface area contributed by atoms with E-state index in [-0.39, 0.29) is 21.9 Å². The molecular formula is C24H36N2O4S2. The van der Waals surface area contributed by atoms with E-state index >= 15 is 0 Å². The molecule has 0 aliphatic rings. The molecule has 2 aromatic heterocycles. The lowest BCUT2D eigenvalue weighted by Crippen LogP contribution is -2.16. The van der Waals surface area contributed by atoms with E-state index < -0.39 is 0 Å². The fraction of sp³-hybridized carbons (Fsp3) is 0.667. The van der Waals surface area contributed by atoms with Crippen LogP contribution in [0.1, 0.15) is 90.6 Å². The van der Waals surface area contributed by atoms with Crippen molar-refractivity contribution in [3.05, 3.63) is 44.4 Å². The van der Waals surface area contributed by atoms with Crippen molar-refractivity contribution in [3.63, 3.8) is 0 Å². The van der Waals surface area contributed by atoms with Crippen LogP contribution in [0.5, 0.6) is 0 Å². The van der Waals surface area contributed by atoms with E-state index in [0.29, 0.717) is 11.5 Å². The Kier molecular flexibility index (Phi) is 9.83. The molecule has 0 saturated heterocycles. The van der Waals surface area contributed by atoms with E-state index in [4.69, 9.17) is 33.5 Å². The summed E-state index contributed by atoms with van der Waals surface area (Å²) < 4.78 is 10.3. The minimum atomic E-state index is -0.188. The molecule has 32 heavy (non-hydrogen) atoms. The number of aromatic amines is 2. The second-order valence-corrected chi connectivity index (χ2v) is 11.4. The molecule has 0 fully saturated rings. The number of hydrogen-bond donors (Lipinski definition) is 2. The fourth-order valence-electron chi connectivity index (χ4n) is 3.55. The van der Waals surface area contributed by atoms with Gasteiger partial charge in [-0.1, -0.05) is 52.1 Å². The molecule has 2 rings (SSSR count). The van der Waals surface area contributed by atoms with Crippen LogP contribution < -0.4 is 11.1 Å². The van der Waals surface area contributed by atoms with Gasteiger partial charge >= 0.3 is 0 Å². The van der Waals surface area contributed by atoms with Gasteiger partial charge in [-0.2, -0.15) is 10.3 Å². The molecule has 0 radical (unpaired) electrons. The maximum absolute atomic E-state index is 11.2. The monoisotopic (exact) mass is 480 g/mol. The highest BCUT2D eigenvalue weighted by atomic mass is 32.1. The molecule has 2 N–H and O–H groups in total. The SMILES string of the molecule is CC(C)(CCC(=S)CCC(=S)CCC(C)(C)CCc1cc(=O)[nH]o1)CCc1cc(=O)[nH]o1. The molecule has 6 nitrogen and oxygen atoms in total. The summed E-state index contributed by atoms with van der Waals surface area (Å²) in [6, 6.07) is 3.03. The minimum absolute atomic E-state index is 0.128. The summed E-state index contributed by atoms with van der Waals surface area (Å²) in [5, 5.41) is 4.67. The predicted octanol–water partition coefficient (Wildman–Crippen LogP) is 5.95. The largest absolute Gasteiger partial charge is 0.384 e. The van der Waals surface area contributed by atoms with E-state index in [2.05, 4.69) is 38.0 Å². The topological polar surface area (TPSA) is 92.0 Å². The molecule has 0 amide bonds. The zero-order chi connectivity index (χ0) is 23.8. The van der Waals surface area contributed by atoms with Crippen LogP contribution in [0.2, 0.25) is 0 Å². The lowest BCUT2D eigenvalue weighted by Gasteiger charge is -2.25. The second kappa shape index (κ2) is 11.9. The molecule has 0 bridgehead atoms. The maximum Gasteiger partial charge on any atom is 0.280 e. The zero-order valence-corrected chi connectivity index (χ0v) is 21.3. The highest BCUT2D eigenvalue weighted by Crippen LogP contribution is 2.30. The van der Waals surface area contributed by atoms with Gasteiger partial charge in [-0.25, -0.2) is 0 Å². The van der Waals surface area contributed by atoms with Gasteiger partial charge in [-0.3, -0.25) is 9.59 Å². The summed E-state index contributed by atoms with van der Waals surface area (Å²) in [5.41, 5.74) is -0.119. The maximum atomic E-state index is 11.2. The summed E-state index contributed by atoms with van der Waals surface area (Å²) >= 11 is 11.2. The third-order valence-electron chi connectivity index (χ3n) is 6.09. The van der Waals surface area contributed by atoms with E-state index in [1.807, 2.05) is 0 Å². The van der Waals surface area contributed by atoms with Crippen LogP contribution in [0, 0.1) is 10.8 Å². The molecule has 8 heteroatoms. The molecule has 0 aliphatic heterocycles. The van der Waals surface area contributed by atoms with Crippen LogP contribution in [0.4, 0.5) is 0 Å². The first-order chi connectivity index (χ1) is 14.9. The van der Waals surface area contributed by atoms with Gasteiger partial charge in [0.1, 0.15) is 11.5 Å². The Morgan fingerprint density at radius 3 is 1.41 bits per heavy atom. The van der Waals surface area contributed by atoms with Gasteiger partial charge in [0.05, 0.1) is 0 Å². The molecule has 0 unspecified atom stereocenters. The fourth-order valence-corrected chi connectivity index (χ4v) is 3.95. The van der Waals surface area contributed by atoms with E-state index in [1.54, 1.807) is 0 Å². The summed E-state index contributed by atoms with van der Waals surface area (Å²) in [5.74, 6) is 1.41. The average molecular weight is 481 g/mol. The summed E-state index contributed by atoms with van der Waals surface area (Å²) in [6.45, 7) is 8.91. The number of H-pyrrole nitrogens is 2. The highest BCUT2D eigenvalue weighted by molar-refractivity contribution is 7.80. The van der Waals surface area contributed by atoms with Gasteiger partial charge in [0.2, 0.25) is 0 Å². The van der Waals surface area contributed by atoms with Crippen molar-refractivity contribution in [1.29, 1.82) is 0 Å². The smallest absolute Gasteiger partial charge is 0.280 e. The van der Waals surface area contributed by atoms with Crippen LogP contribution in [-0.2, 0) is 12.8 Å². The quantitative estimate of drug-likeness (QED) is 0.306. The lowest BCUT2D eigenvalue weighted by molar-refractivity contribution is 0.291. The molecule has 2 heterocycles. The lowest BCUT2D eigenvalue weighted by atomic mass is 9.81. The molecule has 0 atom stereocenters. The number of hydrogen-bond acceptors (Lipinski definition) is 6. The summed E-state index contributed by atoms with van der Waals surface area (Å²) in [7, 11) is 0. The molecule has 0 spiro atoms. The van der Waals surface area contributed by atoms with Crippen LogP contribution in [0.25, 0.3) is 0 Å². The summed E-state index contributed by atoms with van der Waals surface area (Å²) in [6.07, 6.45) is 8.95. The Morgan fingerprint density at radius 1 is 0.719 bits per heavy atom. The van der Waals surface area contributed by atoms with Crippen molar-refractivity contribution in [2.45, 2.75) is 91.9 Å². The normalized spacial score (nSPS) is 12.2. The number of aryl methyl sites for hydroxylation is 2. The van der Waals surface area contributed by atoms with Gasteiger partial charge in [0.15, 0.2) is 0 Å². The van der Waals surface area contributed by atoms with E-state index in [0.717, 1.165) is 73.9 Å². The van der Waals surface area contributed by atoms with Crippen molar-refractivity contribution in [3.8, 4) is 0 Å². The molecule has 178 valence electrons. The third-order valence-corrected chi connectivity index (χ3v) is 6.91. The average Bonchev–Trinajstić information content (AvgIpc) is 3.34. The number of nitrogens with one attached hydrogen (secondary N) is 2. The minimum Gasteiger partial charge on any atom is -0.384 e. The van der Waals surface area contributed by atoms with Gasteiger partial charge in [0.25, 0.3) is 11.1 Å². The Balaban J connectivity index is 1.62. The predicted molar refractivity (Wildman–Crippen MR) is 136 cm³/mol. The standard InChI is InChI=1S/C24H36N2O4S2/c1-23(2,11-7-17-15-21(27)25-29-17)13-9-19(31)5-6-20(32)10-14-24(3,4)12-8-18-16-22(28)26-30-18/h15-16H,5-14H2,1-4H3,(H,25,27)(H,26,28). The van der Waals surface area contributed by atoms with E-state index in [1.165, 1.54) is 12.1 Å². The number of rotatable bonds is 15. The van der Waals surface area contributed by atoms with Crippen molar-refractivity contribution in [1.82, 2.24) is 10.3 Å². The third kappa shape index (κ3) is 10.2. The zero-order valence-electron chi connectivity index (χ0n) is 19.7. The van der Waals surface area contributed by atoms with Crippen molar-refractivity contribution < 1.29 is 9.05 Å².